The Morgan fingerprint density at radius 2 is 2.50 bits per heavy atom. The van der Waals surface area contributed by atoms with Crippen LogP contribution in [0.25, 0.3) is 0 Å². The maximum absolute atomic E-state index is 10.2. The Bertz CT molecular complexity index is 160. The molecule has 0 aromatic carbocycles. The number of ether oxygens (including phenoxy) is 1. The second-order valence-electron chi connectivity index (χ2n) is 3.15. The zero-order valence-corrected chi connectivity index (χ0v) is 7.25. The number of nitrogens with one attached hydrogen (secondary N) is 1. The van der Waals surface area contributed by atoms with E-state index in [1.165, 1.54) is 0 Å². The zero-order chi connectivity index (χ0) is 8.97. The van der Waals surface area contributed by atoms with Gasteiger partial charge in [-0.05, 0) is 19.3 Å². The van der Waals surface area contributed by atoms with Crippen molar-refractivity contribution >= 4 is 5.97 Å². The van der Waals surface area contributed by atoms with Crippen molar-refractivity contribution in [3.63, 3.8) is 0 Å². The Kier molecular flexibility index (Phi) is 3.49. The van der Waals surface area contributed by atoms with Gasteiger partial charge in [-0.25, -0.2) is 0 Å². The third kappa shape index (κ3) is 2.79. The second kappa shape index (κ2) is 4.42. The van der Waals surface area contributed by atoms with E-state index in [-0.39, 0.29) is 12.6 Å². The van der Waals surface area contributed by atoms with Crippen molar-refractivity contribution in [3.05, 3.63) is 0 Å². The van der Waals surface area contributed by atoms with Gasteiger partial charge < -0.3 is 15.2 Å². The lowest BCUT2D eigenvalue weighted by atomic mass is 10.0. The lowest BCUT2D eigenvalue weighted by Gasteiger charge is -2.13. The smallest absolute Gasteiger partial charge is 0.317 e. The lowest BCUT2D eigenvalue weighted by molar-refractivity contribution is -0.136. The van der Waals surface area contributed by atoms with Crippen LogP contribution in [-0.2, 0) is 9.53 Å². The molecule has 0 saturated carbocycles. The summed E-state index contributed by atoms with van der Waals surface area (Å²) in [5, 5.41) is 11.2. The second-order valence-corrected chi connectivity index (χ2v) is 3.15. The number of carboxylic acid groups (broad SMARTS) is 1. The summed E-state index contributed by atoms with van der Waals surface area (Å²) < 4.78 is 5.34. The molecule has 1 aliphatic rings. The summed E-state index contributed by atoms with van der Waals surface area (Å²) in [6.45, 7) is 3.62. The highest BCUT2D eigenvalue weighted by atomic mass is 16.5. The highest BCUT2D eigenvalue weighted by molar-refractivity contribution is 5.68. The van der Waals surface area contributed by atoms with Crippen molar-refractivity contribution in [2.75, 3.05) is 19.7 Å². The van der Waals surface area contributed by atoms with Gasteiger partial charge >= 0.3 is 5.97 Å². The van der Waals surface area contributed by atoms with Crippen molar-refractivity contribution in [1.82, 2.24) is 5.32 Å². The number of hydrogen-bond acceptors (Lipinski definition) is 3. The van der Waals surface area contributed by atoms with Gasteiger partial charge in [-0.1, -0.05) is 0 Å². The molecule has 0 bridgehead atoms. The van der Waals surface area contributed by atoms with E-state index >= 15 is 0 Å². The van der Waals surface area contributed by atoms with Crippen LogP contribution in [-0.4, -0.2) is 36.9 Å². The summed E-state index contributed by atoms with van der Waals surface area (Å²) in [5.41, 5.74) is 0. The Hall–Kier alpha value is -0.610. The third-order valence-corrected chi connectivity index (χ3v) is 2.22. The molecule has 0 aromatic rings. The number of hydrogen-bond donors (Lipinski definition) is 2. The minimum atomic E-state index is -0.804. The first-order chi connectivity index (χ1) is 5.70. The molecular weight excluding hydrogens is 158 g/mol. The molecule has 1 fully saturated rings. The van der Waals surface area contributed by atoms with Gasteiger partial charge in [0, 0.05) is 13.2 Å². The molecule has 1 saturated heterocycles. The molecule has 4 heteroatoms. The fourth-order valence-electron chi connectivity index (χ4n) is 1.41. The summed E-state index contributed by atoms with van der Waals surface area (Å²) in [6.07, 6.45) is 1.31. The van der Waals surface area contributed by atoms with Crippen LogP contribution in [0, 0.1) is 5.92 Å². The predicted octanol–water partition coefficient (Wildman–Crippen LogP) is 0.0856. The van der Waals surface area contributed by atoms with Crippen molar-refractivity contribution in [1.29, 1.82) is 0 Å². The minimum Gasteiger partial charge on any atom is -0.480 e. The average Bonchev–Trinajstić information content (AvgIpc) is 2.36. The summed E-state index contributed by atoms with van der Waals surface area (Å²) in [7, 11) is 0. The van der Waals surface area contributed by atoms with Gasteiger partial charge in [0.05, 0.1) is 12.6 Å². The number of rotatable bonds is 4. The monoisotopic (exact) mass is 173 g/mol. The Balaban J connectivity index is 2.10. The Morgan fingerprint density at radius 3 is 3.00 bits per heavy atom. The van der Waals surface area contributed by atoms with Crippen molar-refractivity contribution in [2.45, 2.75) is 19.4 Å². The van der Waals surface area contributed by atoms with Gasteiger partial charge in [0.1, 0.15) is 0 Å². The maximum atomic E-state index is 10.2. The molecule has 2 atom stereocenters. The van der Waals surface area contributed by atoms with Crippen LogP contribution < -0.4 is 5.32 Å². The Morgan fingerprint density at radius 1 is 1.75 bits per heavy atom. The zero-order valence-electron chi connectivity index (χ0n) is 7.25. The molecule has 1 rings (SSSR count). The SMILES string of the molecule is CC1OCCC1CNCC(=O)O. The number of carbonyl (C=O) groups is 1. The first-order valence-corrected chi connectivity index (χ1v) is 4.24. The van der Waals surface area contributed by atoms with E-state index in [0.29, 0.717) is 5.92 Å². The molecule has 4 nitrogen and oxygen atoms in total. The fourth-order valence-corrected chi connectivity index (χ4v) is 1.41. The average molecular weight is 173 g/mol. The van der Waals surface area contributed by atoms with Gasteiger partial charge in [-0.2, -0.15) is 0 Å². The largest absolute Gasteiger partial charge is 0.480 e. The molecule has 2 N–H and O–H groups in total. The van der Waals surface area contributed by atoms with Gasteiger partial charge in [-0.15, -0.1) is 0 Å². The van der Waals surface area contributed by atoms with E-state index in [9.17, 15) is 4.79 Å². The first kappa shape index (κ1) is 9.48. The molecule has 2 unspecified atom stereocenters. The topological polar surface area (TPSA) is 58.6 Å². The predicted molar refractivity (Wildman–Crippen MR) is 44.0 cm³/mol. The van der Waals surface area contributed by atoms with E-state index in [1.54, 1.807) is 0 Å². The number of aliphatic carboxylic acids is 1. The highest BCUT2D eigenvalue weighted by Gasteiger charge is 2.23. The normalized spacial score (nSPS) is 29.1. The summed E-state index contributed by atoms with van der Waals surface area (Å²) in [6, 6.07) is 0. The number of carboxylic acids is 1. The third-order valence-electron chi connectivity index (χ3n) is 2.22. The molecule has 0 radical (unpaired) electrons. The summed E-state index contributed by atoms with van der Waals surface area (Å²) >= 11 is 0. The van der Waals surface area contributed by atoms with E-state index in [4.69, 9.17) is 9.84 Å². The summed E-state index contributed by atoms with van der Waals surface area (Å²) in [5.74, 6) is -0.328. The summed E-state index contributed by atoms with van der Waals surface area (Å²) in [4.78, 5) is 10.2. The Labute approximate surface area is 71.9 Å². The van der Waals surface area contributed by atoms with Crippen LogP contribution in [0.3, 0.4) is 0 Å². The molecule has 70 valence electrons. The van der Waals surface area contributed by atoms with E-state index < -0.39 is 5.97 Å². The molecule has 0 aromatic heterocycles. The van der Waals surface area contributed by atoms with Gasteiger partial charge in [0.15, 0.2) is 0 Å². The molecule has 1 heterocycles. The quantitative estimate of drug-likeness (QED) is 0.632. The van der Waals surface area contributed by atoms with Crippen molar-refractivity contribution in [3.8, 4) is 0 Å². The molecular formula is C8H15NO3. The molecule has 12 heavy (non-hydrogen) atoms. The molecule has 0 aliphatic carbocycles. The maximum Gasteiger partial charge on any atom is 0.317 e. The van der Waals surface area contributed by atoms with Crippen LogP contribution in [0.15, 0.2) is 0 Å². The van der Waals surface area contributed by atoms with Crippen molar-refractivity contribution in [2.24, 2.45) is 5.92 Å². The molecule has 0 amide bonds. The lowest BCUT2D eigenvalue weighted by Crippen LogP contribution is -2.30. The van der Waals surface area contributed by atoms with Crippen LogP contribution in [0.4, 0.5) is 0 Å². The van der Waals surface area contributed by atoms with E-state index in [2.05, 4.69) is 5.32 Å². The first-order valence-electron chi connectivity index (χ1n) is 4.24. The van der Waals surface area contributed by atoms with Crippen LogP contribution in [0.5, 0.6) is 0 Å². The standard InChI is InChI=1S/C8H15NO3/c1-6-7(2-3-12-6)4-9-5-8(10)11/h6-7,9H,2-5H2,1H3,(H,10,11). The molecule has 1 aliphatic heterocycles. The van der Waals surface area contributed by atoms with Gasteiger partial charge in [-0.3, -0.25) is 4.79 Å². The molecule has 0 spiro atoms. The van der Waals surface area contributed by atoms with Crippen LogP contribution in [0.1, 0.15) is 13.3 Å². The fraction of sp³-hybridized carbons (Fsp3) is 0.875. The van der Waals surface area contributed by atoms with Crippen LogP contribution in [0.2, 0.25) is 0 Å². The van der Waals surface area contributed by atoms with Crippen LogP contribution >= 0.6 is 0 Å². The highest BCUT2D eigenvalue weighted by Crippen LogP contribution is 2.18. The van der Waals surface area contributed by atoms with Crippen molar-refractivity contribution < 1.29 is 14.6 Å². The van der Waals surface area contributed by atoms with E-state index in [1.807, 2.05) is 6.92 Å². The minimum absolute atomic E-state index is 0.0449. The van der Waals surface area contributed by atoms with Gasteiger partial charge in [0.2, 0.25) is 0 Å². The van der Waals surface area contributed by atoms with Gasteiger partial charge in [0.25, 0.3) is 0 Å². The van der Waals surface area contributed by atoms with E-state index in [0.717, 1.165) is 19.6 Å².